The first-order valence-electron chi connectivity index (χ1n) is 6.25. The maximum atomic E-state index is 5.81. The Kier molecular flexibility index (Phi) is 4.43. The molecule has 0 amide bonds. The van der Waals surface area contributed by atoms with Gasteiger partial charge in [-0.2, -0.15) is 4.98 Å². The third-order valence-corrected chi connectivity index (χ3v) is 3.96. The Hall–Kier alpha value is -1.55. The molecule has 0 bridgehead atoms. The summed E-state index contributed by atoms with van der Waals surface area (Å²) in [6, 6.07) is 9.71. The minimum atomic E-state index is 0.597. The predicted molar refractivity (Wildman–Crippen MR) is 82.1 cm³/mol. The molecule has 1 heterocycles. The molecule has 100 valence electrons. The molecule has 1 aromatic heterocycles. The molecular formula is C15H17BrN2O. The van der Waals surface area contributed by atoms with Gasteiger partial charge in [0.05, 0.1) is 0 Å². The van der Waals surface area contributed by atoms with Crippen molar-refractivity contribution in [2.45, 2.75) is 20.8 Å². The highest BCUT2D eigenvalue weighted by Gasteiger charge is 2.05. The van der Waals surface area contributed by atoms with Gasteiger partial charge in [-0.15, -0.1) is 0 Å². The molecule has 2 aromatic rings. The first-order valence-corrected chi connectivity index (χ1v) is 7.05. The molecule has 0 aliphatic carbocycles. The lowest BCUT2D eigenvalue weighted by Crippen LogP contribution is -1.99. The number of anilines is 1. The third kappa shape index (κ3) is 3.47. The summed E-state index contributed by atoms with van der Waals surface area (Å²) < 4.78 is 6.93. The smallest absolute Gasteiger partial charge is 0.221 e. The van der Waals surface area contributed by atoms with Gasteiger partial charge in [0.2, 0.25) is 5.88 Å². The minimum Gasteiger partial charge on any atom is -0.439 e. The molecule has 0 saturated heterocycles. The summed E-state index contributed by atoms with van der Waals surface area (Å²) >= 11 is 3.55. The van der Waals surface area contributed by atoms with Crippen LogP contribution in [0.15, 0.2) is 34.8 Å². The predicted octanol–water partition coefficient (Wildman–Crippen LogP) is 4.69. The number of ether oxygens (including phenoxy) is 1. The molecule has 0 saturated carbocycles. The topological polar surface area (TPSA) is 34.1 Å². The lowest BCUT2D eigenvalue weighted by Gasteiger charge is -2.10. The quantitative estimate of drug-likeness (QED) is 0.887. The van der Waals surface area contributed by atoms with Gasteiger partial charge in [0.1, 0.15) is 11.6 Å². The molecule has 0 atom stereocenters. The van der Waals surface area contributed by atoms with Crippen LogP contribution in [0.5, 0.6) is 11.6 Å². The highest BCUT2D eigenvalue weighted by Crippen LogP contribution is 2.29. The van der Waals surface area contributed by atoms with Crippen LogP contribution in [0.1, 0.15) is 18.1 Å². The van der Waals surface area contributed by atoms with Gasteiger partial charge < -0.3 is 10.1 Å². The summed E-state index contributed by atoms with van der Waals surface area (Å²) in [6.07, 6.45) is 0. The first-order chi connectivity index (χ1) is 9.10. The molecule has 0 unspecified atom stereocenters. The van der Waals surface area contributed by atoms with Gasteiger partial charge in [-0.25, -0.2) is 0 Å². The van der Waals surface area contributed by atoms with Crippen molar-refractivity contribution in [2.75, 3.05) is 11.9 Å². The summed E-state index contributed by atoms with van der Waals surface area (Å²) in [6.45, 7) is 6.97. The molecule has 0 fully saturated rings. The molecule has 4 heteroatoms. The molecule has 0 radical (unpaired) electrons. The van der Waals surface area contributed by atoms with E-state index in [1.165, 1.54) is 0 Å². The molecule has 3 nitrogen and oxygen atoms in total. The van der Waals surface area contributed by atoms with Crippen LogP contribution in [0.25, 0.3) is 0 Å². The van der Waals surface area contributed by atoms with Crippen molar-refractivity contribution in [1.29, 1.82) is 0 Å². The van der Waals surface area contributed by atoms with Gasteiger partial charge in [-0.3, -0.25) is 0 Å². The first kappa shape index (κ1) is 13.9. The van der Waals surface area contributed by atoms with Crippen molar-refractivity contribution >= 4 is 21.7 Å². The number of halogens is 1. The lowest BCUT2D eigenvalue weighted by molar-refractivity contribution is 0.463. The van der Waals surface area contributed by atoms with Crippen LogP contribution in [0.2, 0.25) is 0 Å². The highest BCUT2D eigenvalue weighted by atomic mass is 79.9. The van der Waals surface area contributed by atoms with E-state index in [2.05, 4.69) is 26.2 Å². The summed E-state index contributed by atoms with van der Waals surface area (Å²) in [4.78, 5) is 4.39. The molecule has 0 aliphatic rings. The zero-order chi connectivity index (χ0) is 13.8. The van der Waals surface area contributed by atoms with Gasteiger partial charge in [0, 0.05) is 17.1 Å². The van der Waals surface area contributed by atoms with E-state index in [-0.39, 0.29) is 0 Å². The van der Waals surface area contributed by atoms with E-state index in [1.807, 2.05) is 51.1 Å². The van der Waals surface area contributed by atoms with Gasteiger partial charge in [0.25, 0.3) is 0 Å². The van der Waals surface area contributed by atoms with Crippen LogP contribution >= 0.6 is 15.9 Å². The zero-order valence-corrected chi connectivity index (χ0v) is 12.9. The molecule has 1 N–H and O–H groups in total. The fraction of sp³-hybridized carbons (Fsp3) is 0.267. The number of aryl methyl sites for hydroxylation is 2. The largest absolute Gasteiger partial charge is 0.439 e. The fourth-order valence-electron chi connectivity index (χ4n) is 1.84. The van der Waals surface area contributed by atoms with Crippen molar-refractivity contribution < 1.29 is 4.74 Å². The van der Waals surface area contributed by atoms with E-state index < -0.39 is 0 Å². The number of hydrogen-bond acceptors (Lipinski definition) is 3. The Bertz CT molecular complexity index is 561. The fourth-order valence-corrected chi connectivity index (χ4v) is 2.07. The molecule has 0 aliphatic heterocycles. The number of aromatic nitrogens is 1. The molecule has 1 aromatic carbocycles. The van der Waals surface area contributed by atoms with Crippen molar-refractivity contribution in [1.82, 2.24) is 4.98 Å². The molecule has 0 spiro atoms. The van der Waals surface area contributed by atoms with Crippen LogP contribution in [0, 0.1) is 13.8 Å². The third-order valence-electron chi connectivity index (χ3n) is 2.71. The number of rotatable bonds is 4. The maximum Gasteiger partial charge on any atom is 0.221 e. The van der Waals surface area contributed by atoms with E-state index >= 15 is 0 Å². The van der Waals surface area contributed by atoms with Gasteiger partial charge in [-0.05, 0) is 50.1 Å². The van der Waals surface area contributed by atoms with E-state index in [0.717, 1.165) is 33.7 Å². The Morgan fingerprint density at radius 1 is 1.21 bits per heavy atom. The van der Waals surface area contributed by atoms with Crippen LogP contribution in [-0.4, -0.2) is 11.5 Å². The minimum absolute atomic E-state index is 0.597. The summed E-state index contributed by atoms with van der Waals surface area (Å²) in [7, 11) is 0. The Labute approximate surface area is 122 Å². The second kappa shape index (κ2) is 6.06. The van der Waals surface area contributed by atoms with Crippen molar-refractivity contribution in [2.24, 2.45) is 0 Å². The monoisotopic (exact) mass is 320 g/mol. The van der Waals surface area contributed by atoms with Crippen LogP contribution in [0.3, 0.4) is 0 Å². The van der Waals surface area contributed by atoms with Gasteiger partial charge in [-0.1, -0.05) is 22.0 Å². The standard InChI is InChI=1S/C15H17BrN2O/c1-4-17-13-6-5-7-14(18-13)19-12-8-10(2)15(16)11(3)9-12/h5-9H,4H2,1-3H3,(H,17,18). The zero-order valence-electron chi connectivity index (χ0n) is 11.3. The second-order valence-corrected chi connectivity index (χ2v) is 5.16. The number of hydrogen-bond donors (Lipinski definition) is 1. The number of nitrogens with one attached hydrogen (secondary N) is 1. The Morgan fingerprint density at radius 3 is 2.53 bits per heavy atom. The highest BCUT2D eigenvalue weighted by molar-refractivity contribution is 9.10. The van der Waals surface area contributed by atoms with Gasteiger partial charge >= 0.3 is 0 Å². The van der Waals surface area contributed by atoms with Crippen LogP contribution < -0.4 is 10.1 Å². The van der Waals surface area contributed by atoms with Crippen molar-refractivity contribution in [3.8, 4) is 11.6 Å². The molecule has 2 rings (SSSR count). The van der Waals surface area contributed by atoms with Gasteiger partial charge in [0.15, 0.2) is 0 Å². The summed E-state index contributed by atoms with van der Waals surface area (Å²) in [5.41, 5.74) is 2.30. The maximum absolute atomic E-state index is 5.81. The van der Waals surface area contributed by atoms with E-state index in [0.29, 0.717) is 5.88 Å². The number of benzene rings is 1. The number of nitrogens with zero attached hydrogens (tertiary/aromatic N) is 1. The Balaban J connectivity index is 2.23. The summed E-state index contributed by atoms with van der Waals surface area (Å²) in [5, 5.41) is 3.17. The molecule has 19 heavy (non-hydrogen) atoms. The Morgan fingerprint density at radius 2 is 1.89 bits per heavy atom. The normalized spacial score (nSPS) is 10.3. The van der Waals surface area contributed by atoms with Crippen molar-refractivity contribution in [3.05, 3.63) is 45.9 Å². The number of pyridine rings is 1. The van der Waals surface area contributed by atoms with Crippen LogP contribution in [-0.2, 0) is 0 Å². The SMILES string of the molecule is CCNc1cccc(Oc2cc(C)c(Br)c(C)c2)n1. The second-order valence-electron chi connectivity index (χ2n) is 4.36. The average molecular weight is 321 g/mol. The summed E-state index contributed by atoms with van der Waals surface area (Å²) in [5.74, 6) is 2.23. The lowest BCUT2D eigenvalue weighted by atomic mass is 10.1. The van der Waals surface area contributed by atoms with Crippen LogP contribution in [0.4, 0.5) is 5.82 Å². The van der Waals surface area contributed by atoms with E-state index in [1.54, 1.807) is 0 Å². The average Bonchev–Trinajstić information content (AvgIpc) is 2.37. The van der Waals surface area contributed by atoms with Crippen molar-refractivity contribution in [3.63, 3.8) is 0 Å². The van der Waals surface area contributed by atoms with E-state index in [4.69, 9.17) is 4.74 Å². The molecular weight excluding hydrogens is 304 g/mol. The van der Waals surface area contributed by atoms with E-state index in [9.17, 15) is 0 Å².